The maximum Gasteiger partial charge on any atom is 0.319 e. The summed E-state index contributed by atoms with van der Waals surface area (Å²) < 4.78 is 37.1. The maximum absolute atomic E-state index is 16.1. The van der Waals surface area contributed by atoms with Gasteiger partial charge < -0.3 is 44.9 Å². The minimum absolute atomic E-state index is 0.0380. The monoisotopic (exact) mass is 1120 g/mol. The molecule has 4 fully saturated rings. The van der Waals surface area contributed by atoms with Gasteiger partial charge in [0.2, 0.25) is 11.8 Å². The predicted molar refractivity (Wildman–Crippen MR) is 305 cm³/mol. The van der Waals surface area contributed by atoms with Crippen LogP contribution in [0.25, 0.3) is 54.6 Å². The Kier molecular flexibility index (Phi) is 15.3. The molecule has 0 unspecified atom stereocenters. The van der Waals surface area contributed by atoms with E-state index in [9.17, 15) is 19.8 Å². The number of halogens is 1. The van der Waals surface area contributed by atoms with Crippen LogP contribution in [0.15, 0.2) is 78.6 Å². The maximum atomic E-state index is 16.1. The van der Waals surface area contributed by atoms with Crippen LogP contribution in [0.5, 0.6) is 11.8 Å². The van der Waals surface area contributed by atoms with Crippen LogP contribution in [-0.2, 0) is 20.9 Å². The third-order valence-electron chi connectivity index (χ3n) is 16.5. The van der Waals surface area contributed by atoms with Gasteiger partial charge in [0.15, 0.2) is 5.75 Å². The number of anilines is 1. The quantitative estimate of drug-likeness (QED) is 0.0515. The van der Waals surface area contributed by atoms with E-state index < -0.39 is 30.1 Å². The Labute approximate surface area is 472 Å². The van der Waals surface area contributed by atoms with Crippen LogP contribution >= 0.6 is 11.3 Å². The summed E-state index contributed by atoms with van der Waals surface area (Å²) in [7, 11) is 2.07. The summed E-state index contributed by atoms with van der Waals surface area (Å²) in [5, 5.41) is 45.7. The number of likely N-dealkylation sites (tertiary alicyclic amines) is 1. The molecule has 4 aromatic carbocycles. The molecule has 3 aliphatic heterocycles. The van der Waals surface area contributed by atoms with Crippen LogP contribution in [0.1, 0.15) is 98.3 Å². The fourth-order valence-electron chi connectivity index (χ4n) is 11.8. The first-order valence-electron chi connectivity index (χ1n) is 28.0. The standard InChI is InChI=1S/C60H67FN12O7S/c1-32(2)54(59(77)72-26-41(75)21-50(72)58(76)65-49(28-74)38-14-16-39(17-15-38)56-34(4)63-31-81-56)73-27-48(69-70-73)37-10-8-35(9-11-37)29-79-55-52(51-33(3)46(61)23-47-45(51)25-64-68-47)43(36-12-13-36)22-44-53(55)66-60(80-30-42-7-6-20-78-42)67-57(44)71(5)40-18-19-62-24-40/h8-11,14-17,22-23,25,27,31-32,36,40-42,49-50,54,62,74-75H,6-7,12-13,18-21,24,26,28-30H2,1-5H3,(H,64,68)(H,65,76)/t40-,41+,42-,49-,50-,54-/m0/s1. The number of benzene rings is 4. The van der Waals surface area contributed by atoms with E-state index in [-0.39, 0.29) is 67.9 Å². The molecule has 7 heterocycles. The Balaban J connectivity index is 0.823. The van der Waals surface area contributed by atoms with Gasteiger partial charge in [0.25, 0.3) is 0 Å². The normalized spacial score (nSPS) is 19.9. The highest BCUT2D eigenvalue weighted by atomic mass is 32.1. The van der Waals surface area contributed by atoms with Crippen LogP contribution in [0, 0.1) is 25.6 Å². The topological polar surface area (TPSA) is 231 Å². The van der Waals surface area contributed by atoms with Crippen molar-refractivity contribution in [3.63, 3.8) is 0 Å². The van der Waals surface area contributed by atoms with E-state index in [1.165, 1.54) is 15.6 Å². The number of nitrogens with one attached hydrogen (secondary N) is 3. The third kappa shape index (κ3) is 10.8. The molecule has 6 atom stereocenters. The van der Waals surface area contributed by atoms with Crippen LogP contribution < -0.4 is 25.0 Å². The summed E-state index contributed by atoms with van der Waals surface area (Å²) in [5.74, 6) is -0.0544. The highest BCUT2D eigenvalue weighted by molar-refractivity contribution is 7.13. The molecular weight excluding hydrogens is 1050 g/mol. The van der Waals surface area contributed by atoms with Gasteiger partial charge in [-0.05, 0) is 104 Å². The van der Waals surface area contributed by atoms with E-state index in [4.69, 9.17) is 24.2 Å². The number of aliphatic hydroxyl groups is 2. The second kappa shape index (κ2) is 22.8. The molecule has 0 spiro atoms. The number of rotatable bonds is 19. The molecule has 4 aliphatic rings. The molecule has 81 heavy (non-hydrogen) atoms. The third-order valence-corrected chi connectivity index (χ3v) is 17.5. The van der Waals surface area contributed by atoms with Gasteiger partial charge in [-0.25, -0.2) is 14.1 Å². The minimum Gasteiger partial charge on any atom is -0.486 e. The van der Waals surface area contributed by atoms with E-state index >= 15 is 4.39 Å². The number of amides is 2. The van der Waals surface area contributed by atoms with Crippen molar-refractivity contribution in [3.05, 3.63) is 112 Å². The van der Waals surface area contributed by atoms with E-state index in [2.05, 4.69) is 54.1 Å². The number of nitrogens with zero attached hydrogens (tertiary/aromatic N) is 9. The number of hydrogen-bond donors (Lipinski definition) is 5. The zero-order valence-electron chi connectivity index (χ0n) is 46.1. The average molecular weight is 1120 g/mol. The molecule has 4 aromatic heterocycles. The molecule has 5 N–H and O–H groups in total. The molecule has 422 valence electrons. The summed E-state index contributed by atoms with van der Waals surface area (Å²) in [6.07, 6.45) is 7.25. The van der Waals surface area contributed by atoms with E-state index in [0.29, 0.717) is 52.4 Å². The Hall–Kier alpha value is -7.43. The van der Waals surface area contributed by atoms with Gasteiger partial charge in [0, 0.05) is 66.7 Å². The Morgan fingerprint density at radius 1 is 1.00 bits per heavy atom. The zero-order valence-corrected chi connectivity index (χ0v) is 46.9. The van der Waals surface area contributed by atoms with Crippen molar-refractivity contribution >= 4 is 50.8 Å². The predicted octanol–water partition coefficient (Wildman–Crippen LogP) is 8.13. The summed E-state index contributed by atoms with van der Waals surface area (Å²) in [5.41, 5.74) is 10.6. The minimum atomic E-state index is -0.980. The second-order valence-electron chi connectivity index (χ2n) is 22.4. The van der Waals surface area contributed by atoms with Crippen LogP contribution in [0.4, 0.5) is 10.2 Å². The lowest BCUT2D eigenvalue weighted by molar-refractivity contribution is -0.142. The van der Waals surface area contributed by atoms with E-state index in [1.54, 1.807) is 36.2 Å². The smallest absolute Gasteiger partial charge is 0.319 e. The first-order chi connectivity index (χ1) is 39.3. The molecule has 0 bridgehead atoms. The Morgan fingerprint density at radius 3 is 2.51 bits per heavy atom. The number of aromatic nitrogens is 8. The lowest BCUT2D eigenvalue weighted by Crippen LogP contribution is -2.50. The van der Waals surface area contributed by atoms with Crippen molar-refractivity contribution in [2.45, 2.75) is 115 Å². The number of H-pyrrole nitrogens is 1. The molecule has 3 saturated heterocycles. The molecule has 1 aliphatic carbocycles. The SMILES string of the molecule is Cc1ncsc1-c1ccc([C@H](CO)NC(=O)[C@@H]2C[C@@H](O)CN2C(=O)[C@H](C(C)C)n2cc(-c3ccc(COc4c(-c5c(C)c(F)cc6[nH]ncc56)c(C5CC5)cc5c(N(C)[C@H]6CCNC6)nc(OC[C@@H]6CCCO6)nc45)cc3)nn2)cc1. The van der Waals surface area contributed by atoms with Crippen molar-refractivity contribution in [1.82, 2.24) is 55.7 Å². The lowest BCUT2D eigenvalue weighted by atomic mass is 9.88. The molecule has 8 aromatic rings. The molecule has 21 heteroatoms. The summed E-state index contributed by atoms with van der Waals surface area (Å²) in [6, 6.07) is 16.9. The first kappa shape index (κ1) is 54.2. The van der Waals surface area contributed by atoms with Gasteiger partial charge in [-0.3, -0.25) is 14.7 Å². The number of β-amino-alcohol motifs (C(OH)–C–C–N with tert-alkyl or cyclic N) is 1. The fraction of sp³-hybridized carbons (Fsp3) is 0.433. The van der Waals surface area contributed by atoms with Crippen LogP contribution in [-0.4, -0.2) is 138 Å². The number of aromatic amines is 1. The number of carbonyl (C=O) groups excluding carboxylic acids is 2. The molecule has 1 saturated carbocycles. The molecule has 2 amide bonds. The Bertz CT molecular complexity index is 3590. The molecule has 0 radical (unpaired) electrons. The molecular formula is C60H67FN12O7S. The van der Waals surface area contributed by atoms with Crippen LogP contribution in [0.3, 0.4) is 0 Å². The second-order valence-corrected chi connectivity index (χ2v) is 23.2. The van der Waals surface area contributed by atoms with Crippen molar-refractivity contribution in [2.24, 2.45) is 5.92 Å². The first-order valence-corrected chi connectivity index (χ1v) is 28.9. The summed E-state index contributed by atoms with van der Waals surface area (Å²) in [4.78, 5) is 47.9. The van der Waals surface area contributed by atoms with E-state index in [1.807, 2.05) is 69.3 Å². The van der Waals surface area contributed by atoms with Gasteiger partial charge in [-0.15, -0.1) is 16.4 Å². The molecule has 19 nitrogen and oxygen atoms in total. The average Bonchev–Trinajstić information content (AvgIpc) is 4.30. The number of ether oxygens (including phenoxy) is 3. The summed E-state index contributed by atoms with van der Waals surface area (Å²) >= 11 is 1.54. The summed E-state index contributed by atoms with van der Waals surface area (Å²) in [6.45, 7) is 9.96. The number of hydrogen-bond acceptors (Lipinski definition) is 16. The molecule has 12 rings (SSSR count). The number of aliphatic hydroxyl groups excluding tert-OH is 2. The van der Waals surface area contributed by atoms with Crippen molar-refractivity contribution in [1.29, 1.82) is 0 Å². The highest BCUT2D eigenvalue weighted by Gasteiger charge is 2.43. The number of likely N-dealkylation sites (N-methyl/N-ethyl adjacent to an activating group) is 1. The highest BCUT2D eigenvalue weighted by Crippen LogP contribution is 2.53. The number of fused-ring (bicyclic) bond motifs is 2. The van der Waals surface area contributed by atoms with Crippen molar-refractivity contribution < 1.29 is 38.4 Å². The van der Waals surface area contributed by atoms with Crippen molar-refractivity contribution in [3.8, 4) is 44.6 Å². The van der Waals surface area contributed by atoms with Gasteiger partial charge in [0.05, 0.1) is 58.8 Å². The van der Waals surface area contributed by atoms with Gasteiger partial charge >= 0.3 is 6.01 Å². The van der Waals surface area contributed by atoms with Gasteiger partial charge in [-0.2, -0.15) is 15.1 Å². The number of thiazole rings is 1. The van der Waals surface area contributed by atoms with Crippen LogP contribution in [0.2, 0.25) is 0 Å². The zero-order chi connectivity index (χ0) is 56.1. The fourth-order valence-corrected chi connectivity index (χ4v) is 12.7. The number of aryl methyl sites for hydroxylation is 1. The lowest BCUT2D eigenvalue weighted by Gasteiger charge is -2.30. The van der Waals surface area contributed by atoms with E-state index in [0.717, 1.165) is 100 Å². The Morgan fingerprint density at radius 2 is 1.80 bits per heavy atom. The largest absolute Gasteiger partial charge is 0.486 e. The van der Waals surface area contributed by atoms with Gasteiger partial charge in [-0.1, -0.05) is 67.6 Å². The van der Waals surface area contributed by atoms with Crippen molar-refractivity contribution in [2.75, 3.05) is 51.4 Å². The number of carbonyl (C=O) groups is 2. The van der Waals surface area contributed by atoms with Gasteiger partial charge in [0.1, 0.15) is 48.1 Å².